The zero-order chi connectivity index (χ0) is 19.7. The maximum atomic E-state index is 14.1. The van der Waals surface area contributed by atoms with Gasteiger partial charge in [0.1, 0.15) is 5.56 Å². The summed E-state index contributed by atoms with van der Waals surface area (Å²) in [5, 5.41) is 5.49. The van der Waals surface area contributed by atoms with Crippen LogP contribution in [0.2, 0.25) is 0 Å². The summed E-state index contributed by atoms with van der Waals surface area (Å²) < 4.78 is 53.6. The summed E-state index contributed by atoms with van der Waals surface area (Å²) in [7, 11) is 1.01. The summed E-state index contributed by atoms with van der Waals surface area (Å²) in [4.78, 5) is 12.4. The van der Waals surface area contributed by atoms with E-state index in [2.05, 4.69) is 31.2 Å². The highest BCUT2D eigenvalue weighted by atomic mass is 19.4. The second-order valence-electron chi connectivity index (χ2n) is 7.31. The Morgan fingerprint density at radius 1 is 1.19 bits per heavy atom. The summed E-state index contributed by atoms with van der Waals surface area (Å²) in [6, 6.07) is 6.79. The number of alkyl halides is 3. The third-order valence-electron chi connectivity index (χ3n) is 3.88. The zero-order valence-corrected chi connectivity index (χ0v) is 15.0. The van der Waals surface area contributed by atoms with Crippen molar-refractivity contribution >= 4 is 11.6 Å². The number of aryl methyl sites for hydroxylation is 2. The number of anilines is 1. The van der Waals surface area contributed by atoms with Gasteiger partial charge in [-0.05, 0) is 29.9 Å². The molecular formula is C18H21F4N3O. The molecule has 0 saturated heterocycles. The molecule has 0 aliphatic rings. The van der Waals surface area contributed by atoms with E-state index in [0.29, 0.717) is 16.8 Å². The van der Waals surface area contributed by atoms with Crippen molar-refractivity contribution < 1.29 is 22.4 Å². The number of carbonyl (C=O) groups excluding carboxylic acids is 1. The Balaban J connectivity index is 2.32. The SMILES string of the molecule is Cn1nc(C(F)(F)F)c(C(=O)Nc2ccccc2CCC(C)(C)C)c1F. The number of halogens is 4. The molecule has 26 heavy (non-hydrogen) atoms. The van der Waals surface area contributed by atoms with Gasteiger partial charge in [0.05, 0.1) is 0 Å². The van der Waals surface area contributed by atoms with Crippen molar-refractivity contribution in [3.05, 3.63) is 47.0 Å². The molecule has 4 nitrogen and oxygen atoms in total. The minimum atomic E-state index is -4.93. The van der Waals surface area contributed by atoms with E-state index in [1.165, 1.54) is 0 Å². The Morgan fingerprint density at radius 3 is 2.38 bits per heavy atom. The van der Waals surface area contributed by atoms with Gasteiger partial charge in [0.2, 0.25) is 5.95 Å². The number of nitrogens with zero attached hydrogens (tertiary/aromatic N) is 2. The fraction of sp³-hybridized carbons (Fsp3) is 0.444. The highest BCUT2D eigenvalue weighted by molar-refractivity contribution is 6.05. The summed E-state index contributed by atoms with van der Waals surface area (Å²) in [6.07, 6.45) is -3.49. The van der Waals surface area contributed by atoms with Crippen LogP contribution in [0, 0.1) is 11.4 Å². The van der Waals surface area contributed by atoms with Crippen LogP contribution in [0.25, 0.3) is 0 Å². The van der Waals surface area contributed by atoms with Gasteiger partial charge in [-0.1, -0.05) is 39.0 Å². The lowest BCUT2D eigenvalue weighted by molar-refractivity contribution is -0.141. The Kier molecular flexibility index (Phi) is 5.44. The van der Waals surface area contributed by atoms with Crippen LogP contribution in [-0.2, 0) is 19.6 Å². The van der Waals surface area contributed by atoms with E-state index in [9.17, 15) is 22.4 Å². The number of aromatic nitrogens is 2. The van der Waals surface area contributed by atoms with Crippen LogP contribution in [0.1, 0.15) is 48.8 Å². The third kappa shape index (κ3) is 4.62. The highest BCUT2D eigenvalue weighted by Crippen LogP contribution is 2.33. The van der Waals surface area contributed by atoms with Gasteiger partial charge in [0.15, 0.2) is 5.69 Å². The minimum Gasteiger partial charge on any atom is -0.322 e. The molecule has 1 amide bonds. The van der Waals surface area contributed by atoms with E-state index in [4.69, 9.17) is 0 Å². The maximum absolute atomic E-state index is 14.1. The smallest absolute Gasteiger partial charge is 0.322 e. The van der Waals surface area contributed by atoms with Crippen LogP contribution in [0.5, 0.6) is 0 Å². The first-order valence-electron chi connectivity index (χ1n) is 8.09. The first-order chi connectivity index (χ1) is 11.9. The maximum Gasteiger partial charge on any atom is 0.436 e. The predicted molar refractivity (Wildman–Crippen MR) is 90.3 cm³/mol. The van der Waals surface area contributed by atoms with Crippen LogP contribution in [0.3, 0.4) is 0 Å². The molecule has 1 heterocycles. The molecule has 0 unspecified atom stereocenters. The molecule has 1 N–H and O–H groups in total. The topological polar surface area (TPSA) is 46.9 Å². The van der Waals surface area contributed by atoms with E-state index in [0.717, 1.165) is 19.0 Å². The van der Waals surface area contributed by atoms with Crippen molar-refractivity contribution in [2.45, 2.75) is 39.8 Å². The zero-order valence-electron chi connectivity index (χ0n) is 15.0. The lowest BCUT2D eigenvalue weighted by Crippen LogP contribution is -2.20. The number of hydrogen-bond acceptors (Lipinski definition) is 2. The minimum absolute atomic E-state index is 0.0516. The largest absolute Gasteiger partial charge is 0.436 e. The van der Waals surface area contributed by atoms with Gasteiger partial charge in [-0.2, -0.15) is 22.7 Å². The molecule has 0 bridgehead atoms. The fourth-order valence-corrected chi connectivity index (χ4v) is 2.46. The van der Waals surface area contributed by atoms with Crippen molar-refractivity contribution in [1.82, 2.24) is 9.78 Å². The molecule has 1 aromatic carbocycles. The predicted octanol–water partition coefficient (Wildman–Crippen LogP) is 4.81. The third-order valence-corrected chi connectivity index (χ3v) is 3.88. The molecule has 0 saturated carbocycles. The average molecular weight is 371 g/mol. The van der Waals surface area contributed by atoms with Gasteiger partial charge in [-0.25, -0.2) is 4.68 Å². The van der Waals surface area contributed by atoms with Crippen LogP contribution < -0.4 is 5.32 Å². The molecule has 8 heteroatoms. The van der Waals surface area contributed by atoms with Crippen molar-refractivity contribution in [3.63, 3.8) is 0 Å². The second kappa shape index (κ2) is 7.09. The Bertz CT molecular complexity index is 804. The number of benzene rings is 1. The first-order valence-corrected chi connectivity index (χ1v) is 8.09. The Labute approximate surface area is 149 Å². The van der Waals surface area contributed by atoms with Crippen molar-refractivity contribution in [1.29, 1.82) is 0 Å². The van der Waals surface area contributed by atoms with Gasteiger partial charge in [0.25, 0.3) is 5.91 Å². The molecule has 0 aliphatic heterocycles. The van der Waals surface area contributed by atoms with Crippen molar-refractivity contribution in [2.24, 2.45) is 12.5 Å². The average Bonchev–Trinajstić information content (AvgIpc) is 2.81. The Morgan fingerprint density at radius 2 is 1.81 bits per heavy atom. The van der Waals surface area contributed by atoms with Gasteiger partial charge in [-0.3, -0.25) is 4.79 Å². The molecule has 142 valence electrons. The van der Waals surface area contributed by atoms with Crippen LogP contribution in [0.4, 0.5) is 23.2 Å². The molecule has 2 rings (SSSR count). The first kappa shape index (κ1) is 19.9. The molecular weight excluding hydrogens is 350 g/mol. The number of rotatable bonds is 4. The molecule has 0 fully saturated rings. The number of hydrogen-bond donors (Lipinski definition) is 1. The monoisotopic (exact) mass is 371 g/mol. The van der Waals surface area contributed by atoms with E-state index in [1.54, 1.807) is 24.3 Å². The van der Waals surface area contributed by atoms with Crippen LogP contribution in [-0.4, -0.2) is 15.7 Å². The van der Waals surface area contributed by atoms with Crippen molar-refractivity contribution in [3.8, 4) is 0 Å². The van der Waals surface area contributed by atoms with Crippen molar-refractivity contribution in [2.75, 3.05) is 5.32 Å². The molecule has 0 radical (unpaired) electrons. The molecule has 0 atom stereocenters. The van der Waals surface area contributed by atoms with Gasteiger partial charge >= 0.3 is 6.18 Å². The van der Waals surface area contributed by atoms with Gasteiger partial charge < -0.3 is 5.32 Å². The summed E-state index contributed by atoms with van der Waals surface area (Å²) in [6.45, 7) is 6.19. The number of para-hydroxylation sites is 1. The van der Waals surface area contributed by atoms with Crippen LogP contribution >= 0.6 is 0 Å². The summed E-state index contributed by atoms with van der Waals surface area (Å²) in [5.41, 5.74) is -1.46. The molecule has 2 aromatic rings. The fourth-order valence-electron chi connectivity index (χ4n) is 2.46. The molecule has 0 spiro atoms. The van der Waals surface area contributed by atoms with Crippen LogP contribution in [0.15, 0.2) is 24.3 Å². The van der Waals surface area contributed by atoms with E-state index < -0.39 is 29.3 Å². The lowest BCUT2D eigenvalue weighted by Gasteiger charge is -2.19. The summed E-state index contributed by atoms with van der Waals surface area (Å²) in [5.74, 6) is -2.51. The van der Waals surface area contributed by atoms with E-state index in [-0.39, 0.29) is 5.41 Å². The number of carbonyl (C=O) groups is 1. The normalized spacial score (nSPS) is 12.3. The van der Waals surface area contributed by atoms with Gasteiger partial charge in [0, 0.05) is 12.7 Å². The van der Waals surface area contributed by atoms with Gasteiger partial charge in [-0.15, -0.1) is 0 Å². The number of nitrogens with one attached hydrogen (secondary N) is 1. The second-order valence-corrected chi connectivity index (χ2v) is 7.31. The summed E-state index contributed by atoms with van der Waals surface area (Å²) >= 11 is 0. The Hall–Kier alpha value is -2.38. The standard InChI is InChI=1S/C18H21F4N3O/c1-17(2,3)10-9-11-7-5-6-8-12(11)23-16(26)13-14(18(20,21)22)24-25(4)15(13)19/h5-8H,9-10H2,1-4H3,(H,23,26). The van der Waals surface area contributed by atoms with E-state index in [1.807, 2.05) is 0 Å². The number of amides is 1. The lowest BCUT2D eigenvalue weighted by atomic mass is 9.88. The molecule has 1 aromatic heterocycles. The highest BCUT2D eigenvalue weighted by Gasteiger charge is 2.41. The quantitative estimate of drug-likeness (QED) is 0.784. The van der Waals surface area contributed by atoms with E-state index >= 15 is 0 Å². The molecule has 0 aliphatic carbocycles.